The molecule has 1 aliphatic heterocycles. The zero-order valence-corrected chi connectivity index (χ0v) is 24.7. The van der Waals surface area contributed by atoms with E-state index in [-0.39, 0.29) is 11.1 Å². The van der Waals surface area contributed by atoms with E-state index < -0.39 is 8.32 Å². The van der Waals surface area contributed by atoms with Gasteiger partial charge in [0.2, 0.25) is 0 Å². The zero-order valence-electron chi connectivity index (χ0n) is 23.7. The second-order valence-electron chi connectivity index (χ2n) is 12.5. The minimum atomic E-state index is -1.88. The lowest BCUT2D eigenvalue weighted by atomic mass is 9.87. The molecule has 5 rings (SSSR count). The van der Waals surface area contributed by atoms with E-state index in [9.17, 15) is 0 Å². The molecule has 3 aromatic carbocycles. The Morgan fingerprint density at radius 1 is 0.868 bits per heavy atom. The third-order valence-electron chi connectivity index (χ3n) is 8.66. The molecule has 3 nitrogen and oxygen atoms in total. The number of hydrogen-bond acceptors (Lipinski definition) is 3. The Hall–Kier alpha value is -2.79. The van der Waals surface area contributed by atoms with Crippen molar-refractivity contribution in [1.29, 1.82) is 0 Å². The van der Waals surface area contributed by atoms with Crippen molar-refractivity contribution < 1.29 is 4.43 Å². The van der Waals surface area contributed by atoms with Crippen molar-refractivity contribution >= 4 is 19.2 Å². The fourth-order valence-electron chi connectivity index (χ4n) is 5.30. The van der Waals surface area contributed by atoms with Crippen molar-refractivity contribution in [2.75, 3.05) is 13.1 Å². The lowest BCUT2D eigenvalue weighted by Gasteiger charge is -2.45. The molecule has 0 bridgehead atoms. The molecule has 2 atom stereocenters. The highest BCUT2D eigenvalue weighted by Crippen LogP contribution is 2.39. The fraction of sp³-hybridized carbons (Fsp3) is 0.382. The number of para-hydroxylation sites is 1. The second-order valence-corrected chi connectivity index (χ2v) is 17.3. The molecule has 0 saturated carbocycles. The van der Waals surface area contributed by atoms with Gasteiger partial charge in [-0.3, -0.25) is 9.88 Å². The normalized spacial score (nSPS) is 19.1. The first-order chi connectivity index (χ1) is 18.2. The Balaban J connectivity index is 1.31. The van der Waals surface area contributed by atoms with Gasteiger partial charge in [-0.2, -0.15) is 0 Å². The van der Waals surface area contributed by atoms with Crippen LogP contribution in [-0.2, 0) is 17.4 Å². The van der Waals surface area contributed by atoms with E-state index >= 15 is 0 Å². The van der Waals surface area contributed by atoms with Crippen LogP contribution in [0.4, 0.5) is 0 Å². The van der Waals surface area contributed by atoms with Gasteiger partial charge in [-0.25, -0.2) is 0 Å². The molecule has 38 heavy (non-hydrogen) atoms. The van der Waals surface area contributed by atoms with Gasteiger partial charge in [0.1, 0.15) is 0 Å². The van der Waals surface area contributed by atoms with E-state index in [1.165, 1.54) is 34.1 Å². The standard InChI is InChI=1S/C34H42N2OSi/c1-34(2,3)38(4,5)37-33-25-36(24-27-11-7-6-8-12-27)20-19-30(33)21-26-15-17-28(18-16-26)31-22-29-13-9-10-14-32(29)35-23-31/h6-18,22-23,30,33H,19-21,24-25H2,1-5H3/t30-,33+/m0/s1. The minimum absolute atomic E-state index is 0.203. The number of piperidine rings is 1. The molecule has 0 amide bonds. The number of rotatable bonds is 7. The van der Waals surface area contributed by atoms with Crippen LogP contribution in [0.3, 0.4) is 0 Å². The lowest BCUT2D eigenvalue weighted by Crippen LogP contribution is -2.52. The SMILES string of the molecule is CC(C)(C)[Si](C)(C)O[C@@H]1CN(Cc2ccccc2)CC[C@H]1Cc1ccc(-c2cnc3ccccc3c2)cc1. The molecule has 0 unspecified atom stereocenters. The number of pyridine rings is 1. The Bertz CT molecular complexity index is 1340. The number of nitrogens with zero attached hydrogens (tertiary/aromatic N) is 2. The highest BCUT2D eigenvalue weighted by atomic mass is 28.4. The maximum Gasteiger partial charge on any atom is 0.192 e. The molecular weight excluding hydrogens is 480 g/mol. The predicted molar refractivity (Wildman–Crippen MR) is 163 cm³/mol. The Morgan fingerprint density at radius 2 is 1.58 bits per heavy atom. The van der Waals surface area contributed by atoms with Gasteiger partial charge in [-0.05, 0) is 72.3 Å². The van der Waals surface area contributed by atoms with E-state index in [0.29, 0.717) is 5.92 Å². The molecule has 198 valence electrons. The fourth-order valence-corrected chi connectivity index (χ4v) is 6.68. The molecule has 2 heterocycles. The quantitative estimate of drug-likeness (QED) is 0.228. The Morgan fingerprint density at radius 3 is 2.32 bits per heavy atom. The number of fused-ring (bicyclic) bond motifs is 1. The van der Waals surface area contributed by atoms with Gasteiger partial charge in [-0.15, -0.1) is 0 Å². The van der Waals surface area contributed by atoms with Gasteiger partial charge in [0, 0.05) is 30.2 Å². The number of hydrogen-bond donors (Lipinski definition) is 0. The van der Waals surface area contributed by atoms with Gasteiger partial charge in [0.05, 0.1) is 11.6 Å². The smallest absolute Gasteiger partial charge is 0.192 e. The molecule has 0 aliphatic carbocycles. The maximum absolute atomic E-state index is 7.12. The van der Waals surface area contributed by atoms with Crippen LogP contribution in [0.15, 0.2) is 91.1 Å². The molecule has 1 aliphatic rings. The predicted octanol–water partition coefficient (Wildman–Crippen LogP) is 8.36. The first-order valence-corrected chi connectivity index (χ1v) is 17.0. The molecule has 0 N–H and O–H groups in total. The van der Waals surface area contributed by atoms with Gasteiger partial charge in [0.15, 0.2) is 8.32 Å². The van der Waals surface area contributed by atoms with Crippen LogP contribution in [-0.4, -0.2) is 37.4 Å². The zero-order chi connectivity index (χ0) is 26.8. The largest absolute Gasteiger partial charge is 0.412 e. The van der Waals surface area contributed by atoms with Crippen molar-refractivity contribution in [3.05, 3.63) is 102 Å². The maximum atomic E-state index is 7.12. The summed E-state index contributed by atoms with van der Waals surface area (Å²) >= 11 is 0. The summed E-state index contributed by atoms with van der Waals surface area (Å²) in [6.07, 6.45) is 4.48. The average Bonchev–Trinajstić information content (AvgIpc) is 2.90. The van der Waals surface area contributed by atoms with Crippen molar-refractivity contribution in [3.63, 3.8) is 0 Å². The molecule has 1 fully saturated rings. The van der Waals surface area contributed by atoms with Gasteiger partial charge in [0.25, 0.3) is 0 Å². The van der Waals surface area contributed by atoms with Crippen LogP contribution in [0.25, 0.3) is 22.0 Å². The van der Waals surface area contributed by atoms with Gasteiger partial charge in [-0.1, -0.05) is 93.6 Å². The summed E-state index contributed by atoms with van der Waals surface area (Å²) in [7, 11) is -1.88. The monoisotopic (exact) mass is 522 g/mol. The highest BCUT2D eigenvalue weighted by Gasteiger charge is 2.42. The van der Waals surface area contributed by atoms with Crippen molar-refractivity contribution in [1.82, 2.24) is 9.88 Å². The summed E-state index contributed by atoms with van der Waals surface area (Å²) in [5.41, 5.74) is 6.21. The highest BCUT2D eigenvalue weighted by molar-refractivity contribution is 6.74. The third kappa shape index (κ3) is 6.26. The summed E-state index contributed by atoms with van der Waals surface area (Å²) in [6.45, 7) is 15.0. The topological polar surface area (TPSA) is 25.4 Å². The first kappa shape index (κ1) is 26.8. The van der Waals surface area contributed by atoms with Crippen LogP contribution >= 0.6 is 0 Å². The van der Waals surface area contributed by atoms with Crippen LogP contribution in [0, 0.1) is 5.92 Å². The number of likely N-dealkylation sites (tertiary alicyclic amines) is 1. The molecule has 0 spiro atoms. The molecule has 4 heteroatoms. The summed E-state index contributed by atoms with van der Waals surface area (Å²) in [5.74, 6) is 0.532. The van der Waals surface area contributed by atoms with Crippen molar-refractivity contribution in [2.24, 2.45) is 5.92 Å². The van der Waals surface area contributed by atoms with E-state index in [1.54, 1.807) is 0 Å². The summed E-state index contributed by atoms with van der Waals surface area (Å²) < 4.78 is 7.12. The lowest BCUT2D eigenvalue weighted by molar-refractivity contribution is 0.0268. The Kier molecular flexibility index (Phi) is 7.85. The second kappa shape index (κ2) is 11.1. The van der Waals surface area contributed by atoms with Crippen molar-refractivity contribution in [3.8, 4) is 11.1 Å². The third-order valence-corrected chi connectivity index (χ3v) is 13.2. The summed E-state index contributed by atoms with van der Waals surface area (Å²) in [6, 6.07) is 30.5. The average molecular weight is 523 g/mol. The van der Waals surface area contributed by atoms with Crippen LogP contribution in [0.1, 0.15) is 38.3 Å². The van der Waals surface area contributed by atoms with Crippen LogP contribution in [0.5, 0.6) is 0 Å². The van der Waals surface area contributed by atoms with Crippen LogP contribution in [0.2, 0.25) is 18.1 Å². The van der Waals surface area contributed by atoms with E-state index in [1.807, 2.05) is 12.3 Å². The molecule has 0 radical (unpaired) electrons. The molecule has 1 saturated heterocycles. The van der Waals surface area contributed by atoms with Crippen LogP contribution < -0.4 is 0 Å². The number of benzene rings is 3. The first-order valence-electron chi connectivity index (χ1n) is 14.1. The summed E-state index contributed by atoms with van der Waals surface area (Å²) in [4.78, 5) is 7.25. The molecule has 4 aromatic rings. The van der Waals surface area contributed by atoms with Gasteiger partial charge >= 0.3 is 0 Å². The summed E-state index contributed by atoms with van der Waals surface area (Å²) in [5, 5.41) is 1.39. The van der Waals surface area contributed by atoms with Crippen molar-refractivity contribution in [2.45, 2.75) is 64.4 Å². The minimum Gasteiger partial charge on any atom is -0.412 e. The number of aromatic nitrogens is 1. The van der Waals surface area contributed by atoms with Gasteiger partial charge < -0.3 is 4.43 Å². The van der Waals surface area contributed by atoms with E-state index in [2.05, 4.69) is 123 Å². The Labute approximate surface area is 230 Å². The molecule has 1 aromatic heterocycles. The molecular formula is C34H42N2OSi. The van der Waals surface area contributed by atoms with E-state index in [0.717, 1.165) is 31.6 Å². The van der Waals surface area contributed by atoms with E-state index in [4.69, 9.17) is 4.43 Å².